The van der Waals surface area contributed by atoms with E-state index in [1.165, 1.54) is 31.0 Å². The Morgan fingerprint density at radius 1 is 1.13 bits per heavy atom. The molecule has 0 spiro atoms. The summed E-state index contributed by atoms with van der Waals surface area (Å²) in [5.74, 6) is -0.335. The van der Waals surface area contributed by atoms with Crippen LogP contribution in [0.1, 0.15) is 38.5 Å². The van der Waals surface area contributed by atoms with Crippen molar-refractivity contribution in [2.24, 2.45) is 0 Å². The van der Waals surface area contributed by atoms with Gasteiger partial charge in [-0.1, -0.05) is 48.9 Å². The van der Waals surface area contributed by atoms with E-state index < -0.39 is 10.0 Å². The smallest absolute Gasteiger partial charge is 0.242 e. The van der Waals surface area contributed by atoms with E-state index in [2.05, 4.69) is 10.0 Å². The molecular formula is C15H20Cl2N2O3S. The molecule has 1 saturated carbocycles. The fraction of sp³-hybridized carbons (Fsp3) is 0.533. The zero-order valence-electron chi connectivity index (χ0n) is 12.6. The van der Waals surface area contributed by atoms with Gasteiger partial charge in [0.15, 0.2) is 0 Å². The molecule has 1 aliphatic carbocycles. The van der Waals surface area contributed by atoms with Gasteiger partial charge >= 0.3 is 0 Å². The summed E-state index contributed by atoms with van der Waals surface area (Å²) >= 11 is 11.7. The normalized spacial score (nSPS) is 16.8. The van der Waals surface area contributed by atoms with Crippen LogP contribution in [-0.4, -0.2) is 26.9 Å². The summed E-state index contributed by atoms with van der Waals surface area (Å²) in [5, 5.41) is 3.21. The molecule has 0 aromatic heterocycles. The molecule has 1 fully saturated rings. The van der Waals surface area contributed by atoms with E-state index >= 15 is 0 Å². The van der Waals surface area contributed by atoms with Gasteiger partial charge in [0.05, 0.1) is 11.6 Å². The molecule has 0 radical (unpaired) electrons. The van der Waals surface area contributed by atoms with Crippen molar-refractivity contribution in [3.8, 4) is 0 Å². The van der Waals surface area contributed by atoms with Crippen LogP contribution in [0.3, 0.4) is 0 Å². The number of carbonyl (C=O) groups excluding carboxylic acids is 1. The molecule has 1 amide bonds. The Kier molecular flexibility index (Phi) is 6.71. The van der Waals surface area contributed by atoms with E-state index in [1.807, 2.05) is 0 Å². The summed E-state index contributed by atoms with van der Waals surface area (Å²) in [6, 6.07) is 4.30. The van der Waals surface area contributed by atoms with E-state index in [0.29, 0.717) is 0 Å². The molecule has 0 unspecified atom stereocenters. The van der Waals surface area contributed by atoms with E-state index in [-0.39, 0.29) is 33.4 Å². The minimum Gasteiger partial charge on any atom is -0.352 e. The van der Waals surface area contributed by atoms with Gasteiger partial charge in [0.2, 0.25) is 15.9 Å². The standard InChI is InChI=1S/C15H20Cl2N2O3S/c16-11-7-8-13(17)14(9-11)23(21,22)18-10-15(20)19-12-5-3-1-2-4-6-12/h7-9,12,18H,1-6,10H2,(H,19,20). The average Bonchev–Trinajstić information content (AvgIpc) is 2.76. The summed E-state index contributed by atoms with van der Waals surface area (Å²) in [5.41, 5.74) is 0. The molecule has 0 saturated heterocycles. The van der Waals surface area contributed by atoms with Crippen LogP contribution in [0.15, 0.2) is 23.1 Å². The molecule has 2 rings (SSSR count). The second kappa shape index (κ2) is 8.33. The first-order valence-electron chi connectivity index (χ1n) is 7.62. The lowest BCUT2D eigenvalue weighted by Gasteiger charge is -2.16. The molecule has 8 heteroatoms. The minimum absolute atomic E-state index is 0.0612. The van der Waals surface area contributed by atoms with E-state index in [1.54, 1.807) is 0 Å². The topological polar surface area (TPSA) is 75.3 Å². The van der Waals surface area contributed by atoms with Crippen LogP contribution in [0.25, 0.3) is 0 Å². The number of nitrogens with one attached hydrogen (secondary N) is 2. The molecule has 1 aromatic rings. The first kappa shape index (κ1) is 18.5. The summed E-state index contributed by atoms with van der Waals surface area (Å²) in [7, 11) is -3.88. The Balaban J connectivity index is 1.93. The Hall–Kier alpha value is -0.820. The van der Waals surface area contributed by atoms with Gasteiger partial charge in [0.25, 0.3) is 0 Å². The number of amides is 1. The van der Waals surface area contributed by atoms with Gasteiger partial charge in [-0.15, -0.1) is 0 Å². The third-order valence-electron chi connectivity index (χ3n) is 3.83. The number of hydrogen-bond acceptors (Lipinski definition) is 3. The van der Waals surface area contributed by atoms with Crippen molar-refractivity contribution >= 4 is 39.1 Å². The molecule has 5 nitrogen and oxygen atoms in total. The number of rotatable bonds is 5. The summed E-state index contributed by atoms with van der Waals surface area (Å²) in [4.78, 5) is 11.8. The fourth-order valence-corrected chi connectivity index (χ4v) is 4.37. The molecule has 0 heterocycles. The van der Waals surface area contributed by atoms with Crippen LogP contribution in [0.2, 0.25) is 10.0 Å². The molecule has 1 aromatic carbocycles. The predicted octanol–water partition coefficient (Wildman–Crippen LogP) is 3.11. The van der Waals surface area contributed by atoms with Gasteiger partial charge in [0, 0.05) is 11.1 Å². The molecular weight excluding hydrogens is 359 g/mol. The fourth-order valence-electron chi connectivity index (χ4n) is 2.62. The Bertz CT molecular complexity index is 657. The first-order chi connectivity index (χ1) is 10.9. The zero-order valence-corrected chi connectivity index (χ0v) is 15.0. The second-order valence-electron chi connectivity index (χ2n) is 5.66. The highest BCUT2D eigenvalue weighted by Gasteiger charge is 2.20. The summed E-state index contributed by atoms with van der Waals surface area (Å²) < 4.78 is 26.7. The van der Waals surface area contributed by atoms with Crippen molar-refractivity contribution in [1.29, 1.82) is 0 Å². The van der Waals surface area contributed by atoms with Crippen LogP contribution in [0.4, 0.5) is 0 Å². The number of sulfonamides is 1. The van der Waals surface area contributed by atoms with Gasteiger partial charge in [0.1, 0.15) is 4.90 Å². The van der Waals surface area contributed by atoms with Crippen molar-refractivity contribution < 1.29 is 13.2 Å². The lowest BCUT2D eigenvalue weighted by atomic mass is 10.1. The Labute approximate surface area is 146 Å². The monoisotopic (exact) mass is 378 g/mol. The average molecular weight is 379 g/mol. The SMILES string of the molecule is O=C(CNS(=O)(=O)c1cc(Cl)ccc1Cl)NC1CCCCCC1. The van der Waals surface area contributed by atoms with Crippen LogP contribution >= 0.6 is 23.2 Å². The number of carbonyl (C=O) groups is 1. The second-order valence-corrected chi connectivity index (χ2v) is 8.23. The van der Waals surface area contributed by atoms with Crippen molar-refractivity contribution in [1.82, 2.24) is 10.0 Å². The Morgan fingerprint density at radius 3 is 2.43 bits per heavy atom. The molecule has 1 aliphatic rings. The molecule has 0 bridgehead atoms. The Morgan fingerprint density at radius 2 is 1.78 bits per heavy atom. The summed E-state index contributed by atoms with van der Waals surface area (Å²) in [6.45, 7) is -0.318. The lowest BCUT2D eigenvalue weighted by Crippen LogP contribution is -2.41. The van der Waals surface area contributed by atoms with E-state index in [0.717, 1.165) is 25.7 Å². The lowest BCUT2D eigenvalue weighted by molar-refractivity contribution is -0.120. The predicted molar refractivity (Wildman–Crippen MR) is 91.3 cm³/mol. The van der Waals surface area contributed by atoms with Crippen LogP contribution in [-0.2, 0) is 14.8 Å². The highest BCUT2D eigenvalue weighted by atomic mass is 35.5. The maximum Gasteiger partial charge on any atom is 0.242 e. The van der Waals surface area contributed by atoms with Gasteiger partial charge < -0.3 is 5.32 Å². The first-order valence-corrected chi connectivity index (χ1v) is 9.86. The third-order valence-corrected chi connectivity index (χ3v) is 5.94. The molecule has 0 atom stereocenters. The van der Waals surface area contributed by atoms with Gasteiger partial charge in [-0.05, 0) is 31.0 Å². The zero-order chi connectivity index (χ0) is 16.9. The van der Waals surface area contributed by atoms with Crippen LogP contribution < -0.4 is 10.0 Å². The maximum absolute atomic E-state index is 12.2. The maximum atomic E-state index is 12.2. The van der Waals surface area contributed by atoms with E-state index in [4.69, 9.17) is 23.2 Å². The van der Waals surface area contributed by atoms with Crippen molar-refractivity contribution in [3.63, 3.8) is 0 Å². The minimum atomic E-state index is -3.88. The van der Waals surface area contributed by atoms with Crippen LogP contribution in [0.5, 0.6) is 0 Å². The number of hydrogen-bond donors (Lipinski definition) is 2. The van der Waals surface area contributed by atoms with Crippen molar-refractivity contribution in [3.05, 3.63) is 28.2 Å². The van der Waals surface area contributed by atoms with Crippen molar-refractivity contribution in [2.45, 2.75) is 49.5 Å². The molecule has 0 aliphatic heterocycles. The highest BCUT2D eigenvalue weighted by molar-refractivity contribution is 7.89. The molecule has 2 N–H and O–H groups in total. The number of halogens is 2. The van der Waals surface area contributed by atoms with Gasteiger partial charge in [-0.25, -0.2) is 13.1 Å². The quantitative estimate of drug-likeness (QED) is 0.772. The third kappa shape index (κ3) is 5.64. The van der Waals surface area contributed by atoms with Gasteiger partial charge in [-0.2, -0.15) is 0 Å². The summed E-state index contributed by atoms with van der Waals surface area (Å²) in [6.07, 6.45) is 6.44. The van der Waals surface area contributed by atoms with E-state index in [9.17, 15) is 13.2 Å². The number of benzene rings is 1. The van der Waals surface area contributed by atoms with Gasteiger partial charge in [-0.3, -0.25) is 4.79 Å². The molecule has 23 heavy (non-hydrogen) atoms. The van der Waals surface area contributed by atoms with Crippen molar-refractivity contribution in [2.75, 3.05) is 6.54 Å². The highest BCUT2D eigenvalue weighted by Crippen LogP contribution is 2.24. The molecule has 128 valence electrons. The largest absolute Gasteiger partial charge is 0.352 e. The van der Waals surface area contributed by atoms with Crippen LogP contribution in [0, 0.1) is 0 Å².